The summed E-state index contributed by atoms with van der Waals surface area (Å²) in [6.07, 6.45) is -2.39. The van der Waals surface area contributed by atoms with Crippen LogP contribution in [0.4, 0.5) is 10.3 Å². The molecule has 0 bridgehead atoms. The van der Waals surface area contributed by atoms with Gasteiger partial charge in [0, 0.05) is 0 Å². The van der Waals surface area contributed by atoms with E-state index in [0.717, 1.165) is 17.8 Å². The van der Waals surface area contributed by atoms with E-state index < -0.39 is 60.1 Å². The molecular formula is C15H21FN5O12P3. The molecule has 2 aromatic heterocycles. The summed E-state index contributed by atoms with van der Waals surface area (Å²) in [6, 6.07) is 0. The van der Waals surface area contributed by atoms with Gasteiger partial charge in [-0.25, -0.2) is 28.1 Å². The Balaban J connectivity index is 1.93. The zero-order valence-electron chi connectivity index (χ0n) is 18.4. The van der Waals surface area contributed by atoms with Crippen molar-refractivity contribution in [3.63, 3.8) is 0 Å². The maximum atomic E-state index is 16.3. The van der Waals surface area contributed by atoms with Crippen LogP contribution in [0.2, 0.25) is 0 Å². The van der Waals surface area contributed by atoms with Gasteiger partial charge in [0.05, 0.1) is 37.3 Å². The highest BCUT2D eigenvalue weighted by atomic mass is 31.3. The molecule has 1 aliphatic heterocycles. The molecule has 3 heterocycles. The number of nitrogen functional groups attached to an aromatic ring is 1. The number of hydrogen-bond acceptors (Lipinski definition) is 12. The number of aliphatic hydroxyl groups excluding tert-OH is 1. The van der Waals surface area contributed by atoms with E-state index in [1.54, 1.807) is 0 Å². The molecule has 1 aliphatic rings. The highest BCUT2D eigenvalue weighted by Crippen LogP contribution is 2.67. The minimum Gasteiger partial charge on any atom is -0.396 e. The number of imidazole rings is 1. The standard InChI is InChI=1S/C15H21FN5O12P3/c1-3-4-15(16)9(6-22)11(8(2)31-35(26,27)33-36(28,29)32-34(23,24)25)30-13(15)21-7-19-10-5-18-14(17)20-12(10)21/h5,7-9,11,13,22H,6H2,1-2H3,(H,26,27)(H,28,29)(H2,17,18,20)(H2,23,24,25)/t8-,9?,11+,13+,15?/m0/s1. The number of nitrogens with two attached hydrogens (primary N) is 1. The molecule has 0 saturated carbocycles. The second-order valence-electron chi connectivity index (χ2n) is 7.38. The molecule has 17 nitrogen and oxygen atoms in total. The Hall–Kier alpha value is -1.83. The van der Waals surface area contributed by atoms with Gasteiger partial charge in [0.25, 0.3) is 0 Å². The highest BCUT2D eigenvalue weighted by molar-refractivity contribution is 7.66. The van der Waals surface area contributed by atoms with Crippen molar-refractivity contribution >= 4 is 40.6 Å². The summed E-state index contributed by atoms with van der Waals surface area (Å²) in [7, 11) is -17.0. The van der Waals surface area contributed by atoms with Gasteiger partial charge in [-0.3, -0.25) is 9.09 Å². The Kier molecular flexibility index (Phi) is 8.10. The van der Waals surface area contributed by atoms with Crippen molar-refractivity contribution in [3.05, 3.63) is 12.5 Å². The fraction of sp³-hybridized carbons (Fsp3) is 0.533. The second kappa shape index (κ2) is 10.1. The van der Waals surface area contributed by atoms with E-state index in [9.17, 15) is 28.6 Å². The molecule has 1 saturated heterocycles. The molecule has 0 aromatic carbocycles. The predicted molar refractivity (Wildman–Crippen MR) is 116 cm³/mol. The van der Waals surface area contributed by atoms with E-state index in [1.165, 1.54) is 13.1 Å². The van der Waals surface area contributed by atoms with E-state index in [1.807, 2.05) is 0 Å². The van der Waals surface area contributed by atoms with Crippen molar-refractivity contribution in [2.24, 2.45) is 5.92 Å². The Morgan fingerprint density at radius 1 is 1.25 bits per heavy atom. The monoisotopic (exact) mass is 575 g/mol. The first kappa shape index (κ1) is 28.7. The van der Waals surface area contributed by atoms with E-state index in [4.69, 9.17) is 24.8 Å². The lowest BCUT2D eigenvalue weighted by atomic mass is 9.85. The minimum absolute atomic E-state index is 0.0466. The average molecular weight is 575 g/mol. The summed E-state index contributed by atoms with van der Waals surface area (Å²) in [4.78, 5) is 48.2. The summed E-state index contributed by atoms with van der Waals surface area (Å²) in [5.74, 6) is 3.02. The summed E-state index contributed by atoms with van der Waals surface area (Å²) in [5.41, 5.74) is 3.22. The molecule has 0 amide bonds. The maximum Gasteiger partial charge on any atom is 0.490 e. The minimum atomic E-state index is -5.79. The van der Waals surface area contributed by atoms with Crippen molar-refractivity contribution < 1.29 is 60.6 Å². The van der Waals surface area contributed by atoms with E-state index in [0.29, 0.717) is 0 Å². The summed E-state index contributed by atoms with van der Waals surface area (Å²) in [6.45, 7) is 1.50. The Labute approximate surface area is 201 Å². The van der Waals surface area contributed by atoms with Gasteiger partial charge in [-0.1, -0.05) is 5.92 Å². The fourth-order valence-electron chi connectivity index (χ4n) is 3.63. The van der Waals surface area contributed by atoms with Crippen LogP contribution in [0.25, 0.3) is 11.2 Å². The Morgan fingerprint density at radius 2 is 1.92 bits per heavy atom. The molecule has 0 aliphatic carbocycles. The third kappa shape index (κ3) is 6.17. The zero-order chi connectivity index (χ0) is 27.1. The predicted octanol–water partition coefficient (Wildman–Crippen LogP) is 0.378. The molecule has 2 aromatic rings. The molecule has 0 radical (unpaired) electrons. The van der Waals surface area contributed by atoms with Crippen molar-refractivity contribution in [1.82, 2.24) is 19.5 Å². The molecule has 7 N–H and O–H groups in total. The molecule has 3 rings (SSSR count). The number of fused-ring (bicyclic) bond motifs is 1. The van der Waals surface area contributed by atoms with Crippen LogP contribution < -0.4 is 5.73 Å². The molecule has 21 heteroatoms. The molecule has 1 fully saturated rings. The summed E-state index contributed by atoms with van der Waals surface area (Å²) >= 11 is 0. The average Bonchev–Trinajstić information content (AvgIpc) is 3.22. The van der Waals surface area contributed by atoms with Gasteiger partial charge >= 0.3 is 23.5 Å². The van der Waals surface area contributed by atoms with E-state index >= 15 is 4.39 Å². The number of hydrogen-bond donors (Lipinski definition) is 6. The van der Waals surface area contributed by atoms with Gasteiger partial charge in [0.2, 0.25) is 11.6 Å². The lowest BCUT2D eigenvalue weighted by Crippen LogP contribution is -2.42. The van der Waals surface area contributed by atoms with Gasteiger partial charge in [-0.2, -0.15) is 13.6 Å². The lowest BCUT2D eigenvalue weighted by molar-refractivity contribution is -0.0712. The maximum absolute atomic E-state index is 16.3. The lowest BCUT2D eigenvalue weighted by Gasteiger charge is -2.27. The van der Waals surface area contributed by atoms with Crippen molar-refractivity contribution in [2.75, 3.05) is 12.3 Å². The highest BCUT2D eigenvalue weighted by Gasteiger charge is 2.60. The second-order valence-corrected chi connectivity index (χ2v) is 11.7. The smallest absolute Gasteiger partial charge is 0.396 e. The third-order valence-corrected chi connectivity index (χ3v) is 8.79. The number of halogens is 1. The molecular weight excluding hydrogens is 554 g/mol. The zero-order valence-corrected chi connectivity index (χ0v) is 21.0. The fourth-order valence-corrected chi connectivity index (χ4v) is 6.83. The topological polar surface area (TPSA) is 259 Å². The number of rotatable bonds is 9. The van der Waals surface area contributed by atoms with Crippen LogP contribution in [0.5, 0.6) is 0 Å². The van der Waals surface area contributed by atoms with Crippen molar-refractivity contribution in [3.8, 4) is 11.8 Å². The Bertz CT molecular complexity index is 1340. The van der Waals surface area contributed by atoms with Crippen molar-refractivity contribution in [2.45, 2.75) is 38.0 Å². The number of nitrogens with zero attached hydrogens (tertiary/aromatic N) is 4. The normalized spacial score (nSPS) is 28.7. The largest absolute Gasteiger partial charge is 0.490 e. The van der Waals surface area contributed by atoms with Crippen LogP contribution in [0.3, 0.4) is 0 Å². The quantitative estimate of drug-likeness (QED) is 0.174. The molecule has 4 unspecified atom stereocenters. The van der Waals surface area contributed by atoms with Gasteiger partial charge in [0.1, 0.15) is 5.52 Å². The number of phosphoric acid groups is 3. The molecule has 36 heavy (non-hydrogen) atoms. The summed E-state index contributed by atoms with van der Waals surface area (Å²) < 4.78 is 69.9. The molecule has 7 atom stereocenters. The van der Waals surface area contributed by atoms with Crippen LogP contribution in [0.1, 0.15) is 20.1 Å². The van der Waals surface area contributed by atoms with Crippen LogP contribution in [-0.2, 0) is 31.6 Å². The van der Waals surface area contributed by atoms with Gasteiger partial charge in [-0.15, -0.1) is 5.92 Å². The van der Waals surface area contributed by atoms with E-state index in [2.05, 4.69) is 35.4 Å². The number of anilines is 1. The van der Waals surface area contributed by atoms with E-state index in [-0.39, 0.29) is 17.1 Å². The molecule has 0 spiro atoms. The number of aliphatic hydroxyl groups is 1. The molecule has 200 valence electrons. The SMILES string of the molecule is CC#CC1(F)C(CO)[C@@H]([C@H](C)OP(=O)(O)OP(=O)(O)OP(=O)(O)O)O[C@H]1n1cnc2cnc(N)nc21. The number of aromatic nitrogens is 4. The number of phosphoric ester groups is 1. The third-order valence-electron chi connectivity index (χ3n) is 4.86. The van der Waals surface area contributed by atoms with Crippen LogP contribution in [-0.4, -0.2) is 68.7 Å². The first-order valence-corrected chi connectivity index (χ1v) is 14.2. The first-order chi connectivity index (χ1) is 16.5. The van der Waals surface area contributed by atoms with Crippen LogP contribution in [0.15, 0.2) is 12.5 Å². The Morgan fingerprint density at radius 3 is 2.50 bits per heavy atom. The van der Waals surface area contributed by atoms with Crippen LogP contribution >= 0.6 is 23.5 Å². The number of alkyl halides is 1. The van der Waals surface area contributed by atoms with Gasteiger partial charge in [0.15, 0.2) is 11.9 Å². The van der Waals surface area contributed by atoms with Crippen molar-refractivity contribution in [1.29, 1.82) is 0 Å². The number of ether oxygens (including phenoxy) is 1. The first-order valence-electron chi connectivity index (χ1n) is 9.68. The van der Waals surface area contributed by atoms with Gasteiger partial charge in [-0.05, 0) is 13.8 Å². The van der Waals surface area contributed by atoms with Crippen LogP contribution in [0, 0.1) is 17.8 Å². The van der Waals surface area contributed by atoms with Gasteiger partial charge < -0.3 is 35.2 Å². The summed E-state index contributed by atoms with van der Waals surface area (Å²) in [5, 5.41) is 9.96.